The normalized spacial score (nSPS) is 11.6. The molecule has 26 heavy (non-hydrogen) atoms. The van der Waals surface area contributed by atoms with Crippen molar-refractivity contribution < 1.29 is 14.5 Å². The van der Waals surface area contributed by atoms with Crippen LogP contribution in [-0.2, 0) is 10.5 Å². The van der Waals surface area contributed by atoms with E-state index >= 15 is 0 Å². The summed E-state index contributed by atoms with van der Waals surface area (Å²) in [6.45, 7) is 4.76. The second-order valence-corrected chi connectivity index (χ2v) is 7.25. The average molecular weight is 406 g/mol. The first-order valence-electron chi connectivity index (χ1n) is 8.14. The number of nitrogens with two attached hydrogens (primary N) is 1. The topological polar surface area (TPSA) is 98.7 Å². The van der Waals surface area contributed by atoms with Crippen molar-refractivity contribution in [2.75, 3.05) is 26.5 Å². The molecule has 0 saturated carbocycles. The maximum absolute atomic E-state index is 12.1. The first-order valence-corrected chi connectivity index (χ1v) is 9.30. The first-order chi connectivity index (χ1) is 11.8. The minimum Gasteiger partial charge on any atom is -0.490 e. The van der Waals surface area contributed by atoms with Crippen molar-refractivity contribution in [1.29, 1.82) is 0 Å². The van der Waals surface area contributed by atoms with E-state index in [4.69, 9.17) is 10.5 Å². The summed E-state index contributed by atoms with van der Waals surface area (Å²) in [5.41, 5.74) is 6.72. The average Bonchev–Trinajstić information content (AvgIpc) is 2.58. The smallest absolute Gasteiger partial charge is 0.311 e. The Morgan fingerprint density at radius 2 is 2.08 bits per heavy atom. The molecular formula is C17H28ClN3O4S. The largest absolute Gasteiger partial charge is 0.490 e. The van der Waals surface area contributed by atoms with E-state index in [0.29, 0.717) is 24.0 Å². The Bertz CT molecular complexity index is 601. The number of ether oxygens (including phenoxy) is 1. The SMILES string of the molecule is COc1ccc(CSCC(=O)N(C)CCC(N)C(C)C)cc1[N+](=O)[O-].Cl. The van der Waals surface area contributed by atoms with Crippen molar-refractivity contribution in [2.24, 2.45) is 11.7 Å². The van der Waals surface area contributed by atoms with Crippen molar-refractivity contribution in [3.05, 3.63) is 33.9 Å². The van der Waals surface area contributed by atoms with Crippen LogP contribution in [0, 0.1) is 16.0 Å². The maximum atomic E-state index is 12.1. The third-order valence-electron chi connectivity index (χ3n) is 4.01. The van der Waals surface area contributed by atoms with Gasteiger partial charge in [-0.3, -0.25) is 14.9 Å². The highest BCUT2D eigenvalue weighted by molar-refractivity contribution is 7.99. The summed E-state index contributed by atoms with van der Waals surface area (Å²) in [5, 5.41) is 11.0. The summed E-state index contributed by atoms with van der Waals surface area (Å²) in [6, 6.07) is 4.92. The van der Waals surface area contributed by atoms with Crippen LogP contribution < -0.4 is 10.5 Å². The highest BCUT2D eigenvalue weighted by atomic mass is 35.5. The molecule has 1 amide bonds. The number of halogens is 1. The van der Waals surface area contributed by atoms with Crippen LogP contribution in [0.15, 0.2) is 18.2 Å². The Balaban J connectivity index is 0.00000625. The van der Waals surface area contributed by atoms with Crippen LogP contribution in [0.4, 0.5) is 5.69 Å². The minimum atomic E-state index is -0.468. The van der Waals surface area contributed by atoms with Crippen LogP contribution in [0.3, 0.4) is 0 Å². The quantitative estimate of drug-likeness (QED) is 0.474. The molecular weight excluding hydrogens is 378 g/mol. The number of carbonyl (C=O) groups is 1. The Labute approximate surface area is 165 Å². The number of amides is 1. The lowest BCUT2D eigenvalue weighted by atomic mass is 10.0. The number of methoxy groups -OCH3 is 1. The summed E-state index contributed by atoms with van der Waals surface area (Å²) >= 11 is 1.43. The number of hydrogen-bond acceptors (Lipinski definition) is 6. The molecule has 0 radical (unpaired) electrons. The Morgan fingerprint density at radius 1 is 1.42 bits per heavy atom. The molecule has 0 saturated heterocycles. The van der Waals surface area contributed by atoms with Crippen LogP contribution >= 0.6 is 24.2 Å². The van der Waals surface area contributed by atoms with Gasteiger partial charge in [0, 0.05) is 31.5 Å². The second kappa shape index (κ2) is 12.0. The van der Waals surface area contributed by atoms with Crippen LogP contribution in [-0.4, -0.2) is 48.2 Å². The molecule has 0 bridgehead atoms. The lowest BCUT2D eigenvalue weighted by Gasteiger charge is -2.21. The van der Waals surface area contributed by atoms with Gasteiger partial charge in [0.05, 0.1) is 17.8 Å². The molecule has 1 aromatic carbocycles. The van der Waals surface area contributed by atoms with E-state index in [1.54, 1.807) is 24.1 Å². The van der Waals surface area contributed by atoms with Gasteiger partial charge >= 0.3 is 5.69 Å². The van der Waals surface area contributed by atoms with E-state index in [0.717, 1.165) is 12.0 Å². The number of nitro benzene ring substituents is 1. The van der Waals surface area contributed by atoms with E-state index in [2.05, 4.69) is 13.8 Å². The van der Waals surface area contributed by atoms with E-state index in [1.807, 2.05) is 0 Å². The molecule has 148 valence electrons. The molecule has 1 atom stereocenters. The molecule has 0 aliphatic carbocycles. The fraction of sp³-hybridized carbons (Fsp3) is 0.588. The van der Waals surface area contributed by atoms with Gasteiger partial charge in [0.2, 0.25) is 5.91 Å². The van der Waals surface area contributed by atoms with Crippen LogP contribution in [0.2, 0.25) is 0 Å². The summed E-state index contributed by atoms with van der Waals surface area (Å²) in [4.78, 5) is 24.4. The van der Waals surface area contributed by atoms with Gasteiger partial charge in [0.25, 0.3) is 0 Å². The number of hydrogen-bond donors (Lipinski definition) is 1. The number of rotatable bonds is 10. The fourth-order valence-electron chi connectivity index (χ4n) is 2.14. The Kier molecular flexibility index (Phi) is 11.3. The number of carbonyl (C=O) groups excluding carboxylic acids is 1. The van der Waals surface area contributed by atoms with Gasteiger partial charge in [-0.2, -0.15) is 0 Å². The molecule has 0 aliphatic rings. The Morgan fingerprint density at radius 3 is 2.62 bits per heavy atom. The predicted octanol–water partition coefficient (Wildman–Crippen LogP) is 3.09. The zero-order valence-electron chi connectivity index (χ0n) is 15.6. The number of thioether (sulfide) groups is 1. The van der Waals surface area contributed by atoms with Crippen LogP contribution in [0.25, 0.3) is 0 Å². The lowest BCUT2D eigenvalue weighted by molar-refractivity contribution is -0.385. The first kappa shape index (κ1) is 24.5. The Hall–Kier alpha value is -1.51. The van der Waals surface area contributed by atoms with Gasteiger partial charge in [-0.1, -0.05) is 19.9 Å². The molecule has 0 spiro atoms. The van der Waals surface area contributed by atoms with E-state index in [9.17, 15) is 14.9 Å². The molecule has 1 unspecified atom stereocenters. The van der Waals surface area contributed by atoms with Gasteiger partial charge in [-0.15, -0.1) is 24.2 Å². The van der Waals surface area contributed by atoms with Gasteiger partial charge in [-0.25, -0.2) is 0 Å². The molecule has 7 nitrogen and oxygen atoms in total. The monoisotopic (exact) mass is 405 g/mol. The summed E-state index contributed by atoms with van der Waals surface area (Å²) < 4.78 is 4.98. The maximum Gasteiger partial charge on any atom is 0.311 e. The van der Waals surface area contributed by atoms with Crippen molar-refractivity contribution in [3.8, 4) is 5.75 Å². The highest BCUT2D eigenvalue weighted by Gasteiger charge is 2.16. The third-order valence-corrected chi connectivity index (χ3v) is 5.00. The number of nitro groups is 1. The molecule has 0 fully saturated rings. The van der Waals surface area contributed by atoms with E-state index in [1.165, 1.54) is 24.9 Å². The van der Waals surface area contributed by atoms with Gasteiger partial charge in [-0.05, 0) is 24.0 Å². The molecule has 9 heteroatoms. The zero-order chi connectivity index (χ0) is 19.0. The molecule has 0 heterocycles. The number of nitrogens with zero attached hydrogens (tertiary/aromatic N) is 2. The van der Waals surface area contributed by atoms with E-state index < -0.39 is 4.92 Å². The van der Waals surface area contributed by atoms with Crippen LogP contribution in [0.1, 0.15) is 25.8 Å². The minimum absolute atomic E-state index is 0. The number of benzene rings is 1. The standard InChI is InChI=1S/C17H27N3O4S.ClH/c1-12(2)14(18)7-8-19(3)17(21)11-25-10-13-5-6-16(24-4)15(9-13)20(22)23;/h5-6,9,12,14H,7-8,10-11,18H2,1-4H3;1H. The lowest BCUT2D eigenvalue weighted by Crippen LogP contribution is -2.35. The van der Waals surface area contributed by atoms with Crippen molar-refractivity contribution in [1.82, 2.24) is 4.90 Å². The van der Waals surface area contributed by atoms with Crippen molar-refractivity contribution in [3.63, 3.8) is 0 Å². The van der Waals surface area contributed by atoms with Crippen molar-refractivity contribution in [2.45, 2.75) is 32.1 Å². The van der Waals surface area contributed by atoms with Gasteiger partial charge in [0.1, 0.15) is 0 Å². The second-order valence-electron chi connectivity index (χ2n) is 6.27. The fourth-order valence-corrected chi connectivity index (χ4v) is 3.05. The molecule has 1 aromatic rings. The highest BCUT2D eigenvalue weighted by Crippen LogP contribution is 2.29. The van der Waals surface area contributed by atoms with Gasteiger partial charge in [0.15, 0.2) is 5.75 Å². The van der Waals surface area contributed by atoms with Crippen LogP contribution in [0.5, 0.6) is 5.75 Å². The molecule has 0 aromatic heterocycles. The summed E-state index contributed by atoms with van der Waals surface area (Å²) in [7, 11) is 3.17. The molecule has 0 aliphatic heterocycles. The molecule has 2 N–H and O–H groups in total. The third kappa shape index (κ3) is 7.80. The van der Waals surface area contributed by atoms with E-state index in [-0.39, 0.29) is 35.8 Å². The molecule has 1 rings (SSSR count). The van der Waals surface area contributed by atoms with Gasteiger partial charge < -0.3 is 15.4 Å². The summed E-state index contributed by atoms with van der Waals surface area (Å²) in [6.07, 6.45) is 0.773. The summed E-state index contributed by atoms with van der Waals surface area (Å²) in [5.74, 6) is 1.51. The van der Waals surface area contributed by atoms with Crippen molar-refractivity contribution >= 4 is 35.8 Å². The predicted molar refractivity (Wildman–Crippen MR) is 108 cm³/mol. The zero-order valence-corrected chi connectivity index (χ0v) is 17.3.